The van der Waals surface area contributed by atoms with E-state index in [0.29, 0.717) is 18.9 Å². The van der Waals surface area contributed by atoms with Gasteiger partial charge in [0.2, 0.25) is 11.8 Å². The molecule has 1 saturated heterocycles. The second-order valence-electron chi connectivity index (χ2n) is 12.0. The van der Waals surface area contributed by atoms with Crippen molar-refractivity contribution < 1.29 is 23.9 Å². The van der Waals surface area contributed by atoms with E-state index in [1.165, 1.54) is 7.11 Å². The van der Waals surface area contributed by atoms with Gasteiger partial charge in [0.25, 0.3) is 0 Å². The number of ketones is 1. The fourth-order valence-electron chi connectivity index (χ4n) is 6.76. The lowest BCUT2D eigenvalue weighted by Crippen LogP contribution is -2.58. The van der Waals surface area contributed by atoms with Crippen molar-refractivity contribution in [1.82, 2.24) is 20.5 Å². The van der Waals surface area contributed by atoms with Crippen LogP contribution < -0.4 is 10.6 Å². The van der Waals surface area contributed by atoms with Gasteiger partial charge in [-0.1, -0.05) is 0 Å². The molecule has 4 unspecified atom stereocenters. The van der Waals surface area contributed by atoms with Gasteiger partial charge in [-0.25, -0.2) is 5.01 Å². The molecule has 0 bridgehead atoms. The molecule has 0 spiro atoms. The highest BCUT2D eigenvalue weighted by Gasteiger charge is 2.43. The van der Waals surface area contributed by atoms with E-state index in [1.807, 2.05) is 20.8 Å². The summed E-state index contributed by atoms with van der Waals surface area (Å²) >= 11 is 0. The van der Waals surface area contributed by atoms with E-state index in [0.717, 1.165) is 50.7 Å². The summed E-state index contributed by atoms with van der Waals surface area (Å²) in [5.41, 5.74) is 0.190. The number of hydrogen-bond donors (Lipinski definition) is 2. The van der Waals surface area contributed by atoms with Gasteiger partial charge < -0.3 is 20.3 Å². The maximum atomic E-state index is 13.6. The Morgan fingerprint density at radius 2 is 1.84 bits per heavy atom. The number of fused-ring (bicyclic) bond motifs is 1. The van der Waals surface area contributed by atoms with Gasteiger partial charge in [0.05, 0.1) is 37.6 Å². The maximum Gasteiger partial charge on any atom is 0.307 e. The Morgan fingerprint density at radius 3 is 2.46 bits per heavy atom. The smallest absolute Gasteiger partial charge is 0.307 e. The number of carbonyl (C=O) groups is 4. The fourth-order valence-corrected chi connectivity index (χ4v) is 6.76. The van der Waals surface area contributed by atoms with Gasteiger partial charge in [-0.15, -0.1) is 0 Å². The van der Waals surface area contributed by atoms with E-state index in [4.69, 9.17) is 4.74 Å². The summed E-state index contributed by atoms with van der Waals surface area (Å²) in [7, 11) is 3.13. The number of amides is 2. The number of hydrogen-bond acceptors (Lipinski definition) is 8. The van der Waals surface area contributed by atoms with Crippen LogP contribution in [0.25, 0.3) is 0 Å². The van der Waals surface area contributed by atoms with Crippen LogP contribution in [0.15, 0.2) is 5.10 Å². The Hall–Kier alpha value is -2.33. The summed E-state index contributed by atoms with van der Waals surface area (Å²) in [5.74, 6) is 0.104. The SMILES string of the molecule is COC(=O)CC1NC2CC(NC(C)(C)C(=O)C3CCC(N4N=C(C)CC4=O)CC3)CCC2CN(C)C1=O. The number of hydrazone groups is 1. The van der Waals surface area contributed by atoms with Crippen LogP contribution in [-0.2, 0) is 23.9 Å². The molecule has 3 fully saturated rings. The molecule has 2 heterocycles. The minimum atomic E-state index is -0.671. The third kappa shape index (κ3) is 6.22. The number of methoxy groups -OCH3 is 1. The first-order valence-corrected chi connectivity index (χ1v) is 13.7. The highest BCUT2D eigenvalue weighted by atomic mass is 16.5. The highest BCUT2D eigenvalue weighted by molar-refractivity contribution is 6.03. The average Bonchev–Trinajstić information content (AvgIpc) is 3.15. The second kappa shape index (κ2) is 11.2. The van der Waals surface area contributed by atoms with Gasteiger partial charge in [0.15, 0.2) is 5.78 Å². The van der Waals surface area contributed by atoms with Crippen LogP contribution in [0.5, 0.6) is 0 Å². The lowest BCUT2D eigenvalue weighted by molar-refractivity contribution is -0.144. The third-order valence-corrected chi connectivity index (χ3v) is 8.73. The highest BCUT2D eigenvalue weighted by Crippen LogP contribution is 2.34. The van der Waals surface area contributed by atoms with Crippen LogP contribution >= 0.6 is 0 Å². The van der Waals surface area contributed by atoms with Crippen molar-refractivity contribution in [2.24, 2.45) is 16.9 Å². The average molecular weight is 518 g/mol. The molecule has 4 aliphatic rings. The maximum absolute atomic E-state index is 13.6. The van der Waals surface area contributed by atoms with Crippen molar-refractivity contribution in [2.75, 3.05) is 20.7 Å². The molecule has 2 saturated carbocycles. The van der Waals surface area contributed by atoms with E-state index in [2.05, 4.69) is 15.7 Å². The van der Waals surface area contributed by atoms with E-state index in [1.54, 1.807) is 17.0 Å². The van der Waals surface area contributed by atoms with Crippen LogP contribution in [0.1, 0.15) is 78.6 Å². The number of esters is 1. The lowest BCUT2D eigenvalue weighted by atomic mass is 9.76. The summed E-state index contributed by atoms with van der Waals surface area (Å²) in [6.45, 7) is 6.50. The third-order valence-electron chi connectivity index (χ3n) is 8.73. The zero-order valence-electron chi connectivity index (χ0n) is 22.9. The number of ether oxygens (including phenoxy) is 1. The Balaban J connectivity index is 1.33. The summed E-state index contributed by atoms with van der Waals surface area (Å²) in [6.07, 6.45) is 6.23. The minimum absolute atomic E-state index is 0.0154. The first kappa shape index (κ1) is 27.7. The van der Waals surface area contributed by atoms with Crippen molar-refractivity contribution in [1.29, 1.82) is 0 Å². The van der Waals surface area contributed by atoms with Crippen molar-refractivity contribution in [3.05, 3.63) is 0 Å². The van der Waals surface area contributed by atoms with Gasteiger partial charge >= 0.3 is 5.97 Å². The first-order valence-electron chi connectivity index (χ1n) is 13.7. The predicted molar refractivity (Wildman–Crippen MR) is 139 cm³/mol. The molecule has 10 nitrogen and oxygen atoms in total. The van der Waals surface area contributed by atoms with Crippen molar-refractivity contribution in [3.8, 4) is 0 Å². The molecule has 206 valence electrons. The number of nitrogens with zero attached hydrogens (tertiary/aromatic N) is 3. The second-order valence-corrected chi connectivity index (χ2v) is 12.0. The van der Waals surface area contributed by atoms with Crippen LogP contribution in [0.4, 0.5) is 0 Å². The van der Waals surface area contributed by atoms with Crippen LogP contribution in [0.3, 0.4) is 0 Å². The van der Waals surface area contributed by atoms with E-state index in [-0.39, 0.29) is 48.1 Å². The van der Waals surface area contributed by atoms with Gasteiger partial charge in [0, 0.05) is 37.3 Å². The van der Waals surface area contributed by atoms with Crippen LogP contribution in [0.2, 0.25) is 0 Å². The van der Waals surface area contributed by atoms with E-state index < -0.39 is 17.6 Å². The summed E-state index contributed by atoms with van der Waals surface area (Å²) in [5, 5.41) is 13.2. The molecule has 10 heteroatoms. The van der Waals surface area contributed by atoms with Crippen LogP contribution in [0, 0.1) is 11.8 Å². The molecule has 37 heavy (non-hydrogen) atoms. The van der Waals surface area contributed by atoms with Gasteiger partial charge in [-0.05, 0) is 71.6 Å². The Kier molecular flexibility index (Phi) is 8.38. The number of likely N-dealkylation sites (N-methyl/N-ethyl adjacent to an activating group) is 1. The first-order chi connectivity index (χ1) is 17.5. The summed E-state index contributed by atoms with van der Waals surface area (Å²) in [4.78, 5) is 52.2. The molecule has 2 amide bonds. The topological polar surface area (TPSA) is 120 Å². The largest absolute Gasteiger partial charge is 0.469 e. The van der Waals surface area contributed by atoms with Crippen molar-refractivity contribution in [3.63, 3.8) is 0 Å². The number of Topliss-reactive ketones (excluding diaryl/α,β-unsaturated/α-hetero) is 1. The molecular formula is C27H43N5O5. The normalized spacial score (nSPS) is 33.1. The molecule has 0 aromatic carbocycles. The predicted octanol–water partition coefficient (Wildman–Crippen LogP) is 1.62. The standard InChI is InChI=1S/C27H43N5O5/c1-16-12-23(33)32(30-16)20-10-7-17(8-11-20)25(35)27(2,3)29-19-9-6-18-15-31(4)26(36)22(14-24(34)37-5)28-21(18)13-19/h17-22,28-29H,6-15H2,1-5H3. The van der Waals surface area contributed by atoms with Crippen molar-refractivity contribution >= 4 is 29.3 Å². The van der Waals surface area contributed by atoms with Crippen LogP contribution in [-0.4, -0.2) is 89.6 Å². The minimum Gasteiger partial charge on any atom is -0.469 e. The molecule has 2 N–H and O–H groups in total. The Bertz CT molecular complexity index is 941. The van der Waals surface area contributed by atoms with E-state index >= 15 is 0 Å². The quantitative estimate of drug-likeness (QED) is 0.493. The molecule has 0 aromatic rings. The molecule has 2 aliphatic carbocycles. The molecule has 4 rings (SSSR count). The Morgan fingerprint density at radius 1 is 1.14 bits per heavy atom. The summed E-state index contributed by atoms with van der Waals surface area (Å²) < 4.78 is 4.80. The van der Waals surface area contributed by atoms with E-state index in [9.17, 15) is 19.2 Å². The summed E-state index contributed by atoms with van der Waals surface area (Å²) in [6, 6.07) is -0.272. The molecule has 4 atom stereocenters. The van der Waals surface area contributed by atoms with Crippen molar-refractivity contribution in [2.45, 2.75) is 108 Å². The molecular weight excluding hydrogens is 474 g/mol. The number of carbonyl (C=O) groups excluding carboxylic acids is 4. The van der Waals surface area contributed by atoms with Gasteiger partial charge in [0.1, 0.15) is 0 Å². The monoisotopic (exact) mass is 517 g/mol. The van der Waals surface area contributed by atoms with Gasteiger partial charge in [-0.2, -0.15) is 5.10 Å². The number of nitrogens with one attached hydrogen (secondary N) is 2. The van der Waals surface area contributed by atoms with Gasteiger partial charge in [-0.3, -0.25) is 19.2 Å². The number of rotatable bonds is 7. The Labute approximate surface area is 219 Å². The zero-order valence-corrected chi connectivity index (χ0v) is 22.9. The fraction of sp³-hybridized carbons (Fsp3) is 0.815. The molecule has 2 aliphatic heterocycles. The zero-order chi connectivity index (χ0) is 26.9. The molecule has 0 aromatic heterocycles. The lowest BCUT2D eigenvalue weighted by Gasteiger charge is -2.41. The molecule has 0 radical (unpaired) electrons.